The predicted molar refractivity (Wildman–Crippen MR) is 103 cm³/mol. The second-order valence-corrected chi connectivity index (χ2v) is 6.39. The molecule has 132 valence electrons. The summed E-state index contributed by atoms with van der Waals surface area (Å²) in [5.74, 6) is 0.780. The third-order valence-corrected chi connectivity index (χ3v) is 4.68. The predicted octanol–water partition coefficient (Wildman–Crippen LogP) is 3.52. The SMILES string of the molecule is Cc1c(-c2nc3c([nH]2)c(-c2cccnc2)nn3C)cnn1-c1ccccc1. The largest absolute Gasteiger partial charge is 0.335 e. The molecule has 0 saturated heterocycles. The fourth-order valence-corrected chi connectivity index (χ4v) is 3.31. The second kappa shape index (κ2) is 5.91. The zero-order valence-corrected chi connectivity index (χ0v) is 15.0. The third kappa shape index (κ3) is 2.43. The zero-order chi connectivity index (χ0) is 18.4. The lowest BCUT2D eigenvalue weighted by Gasteiger charge is -2.04. The molecule has 1 N–H and O–H groups in total. The Kier molecular flexibility index (Phi) is 3.39. The van der Waals surface area contributed by atoms with E-state index < -0.39 is 0 Å². The topological polar surface area (TPSA) is 77.2 Å². The van der Waals surface area contributed by atoms with E-state index in [2.05, 4.69) is 20.2 Å². The summed E-state index contributed by atoms with van der Waals surface area (Å²) in [6.45, 7) is 2.04. The first-order valence-corrected chi connectivity index (χ1v) is 8.66. The van der Waals surface area contributed by atoms with Crippen LogP contribution in [0.3, 0.4) is 0 Å². The molecule has 0 aliphatic heterocycles. The Labute approximate surface area is 155 Å². The maximum atomic E-state index is 4.77. The van der Waals surface area contributed by atoms with Crippen LogP contribution >= 0.6 is 0 Å². The first kappa shape index (κ1) is 15.5. The van der Waals surface area contributed by atoms with Crippen molar-refractivity contribution >= 4 is 11.2 Å². The summed E-state index contributed by atoms with van der Waals surface area (Å²) < 4.78 is 3.71. The van der Waals surface area contributed by atoms with Crippen LogP contribution in [-0.2, 0) is 7.05 Å². The highest BCUT2D eigenvalue weighted by Crippen LogP contribution is 2.30. The summed E-state index contributed by atoms with van der Waals surface area (Å²) in [5.41, 5.74) is 6.50. The van der Waals surface area contributed by atoms with E-state index in [9.17, 15) is 0 Å². The van der Waals surface area contributed by atoms with E-state index in [0.717, 1.165) is 45.2 Å². The highest BCUT2D eigenvalue weighted by Gasteiger charge is 2.19. The van der Waals surface area contributed by atoms with E-state index in [0.29, 0.717) is 0 Å². The first-order valence-electron chi connectivity index (χ1n) is 8.66. The molecule has 0 saturated carbocycles. The van der Waals surface area contributed by atoms with Crippen LogP contribution in [0.4, 0.5) is 0 Å². The normalized spacial score (nSPS) is 11.3. The molecule has 7 nitrogen and oxygen atoms in total. The lowest BCUT2D eigenvalue weighted by Crippen LogP contribution is -1.98. The van der Waals surface area contributed by atoms with Gasteiger partial charge in [-0.2, -0.15) is 10.2 Å². The molecule has 5 rings (SSSR count). The molecule has 1 aromatic carbocycles. The number of pyridine rings is 1. The van der Waals surface area contributed by atoms with Gasteiger partial charge in [-0.25, -0.2) is 14.3 Å². The average Bonchev–Trinajstić information content (AvgIpc) is 3.38. The maximum Gasteiger partial charge on any atom is 0.177 e. The third-order valence-electron chi connectivity index (χ3n) is 4.68. The van der Waals surface area contributed by atoms with E-state index in [1.54, 1.807) is 17.1 Å². The molecular formula is C20H17N7. The molecule has 4 aromatic heterocycles. The van der Waals surface area contributed by atoms with E-state index >= 15 is 0 Å². The van der Waals surface area contributed by atoms with Gasteiger partial charge in [0.05, 0.1) is 23.1 Å². The van der Waals surface area contributed by atoms with Gasteiger partial charge in [-0.05, 0) is 31.2 Å². The van der Waals surface area contributed by atoms with Crippen LogP contribution in [0.25, 0.3) is 39.5 Å². The Hall–Kier alpha value is -3.74. The average molecular weight is 355 g/mol. The molecule has 5 aromatic rings. The monoisotopic (exact) mass is 355 g/mol. The van der Waals surface area contributed by atoms with Crippen molar-refractivity contribution < 1.29 is 0 Å². The van der Waals surface area contributed by atoms with Gasteiger partial charge < -0.3 is 4.98 Å². The summed E-state index contributed by atoms with van der Waals surface area (Å²) in [5, 5.41) is 9.14. The van der Waals surface area contributed by atoms with Crippen LogP contribution in [0.2, 0.25) is 0 Å². The van der Waals surface area contributed by atoms with Gasteiger partial charge in [0.25, 0.3) is 0 Å². The standard InChI is InChI=1S/C20H17N7/c1-13-16(12-22-27(13)15-8-4-3-5-9-15)19-23-18-17(14-7-6-10-21-11-14)25-26(2)20(18)24-19/h3-12H,1-2H3,(H,23,24). The molecule has 0 fully saturated rings. The van der Waals surface area contributed by atoms with E-state index in [1.165, 1.54) is 0 Å². The number of hydrogen-bond donors (Lipinski definition) is 1. The quantitative estimate of drug-likeness (QED) is 0.537. The van der Waals surface area contributed by atoms with Crippen LogP contribution in [0.1, 0.15) is 5.69 Å². The summed E-state index contributed by atoms with van der Waals surface area (Å²) in [4.78, 5) is 12.4. The van der Waals surface area contributed by atoms with Gasteiger partial charge in [0, 0.05) is 25.0 Å². The molecule has 0 aliphatic rings. The molecule has 0 radical (unpaired) electrons. The molecule has 0 atom stereocenters. The van der Waals surface area contributed by atoms with Gasteiger partial charge in [-0.3, -0.25) is 4.98 Å². The van der Waals surface area contributed by atoms with E-state index in [1.807, 2.05) is 67.3 Å². The maximum absolute atomic E-state index is 4.77. The number of nitrogens with zero attached hydrogens (tertiary/aromatic N) is 6. The summed E-state index contributed by atoms with van der Waals surface area (Å²) in [6.07, 6.45) is 5.40. The Bertz CT molecular complexity index is 1230. The van der Waals surface area contributed by atoms with Gasteiger partial charge in [0.15, 0.2) is 5.65 Å². The molecule has 0 bridgehead atoms. The van der Waals surface area contributed by atoms with Crippen molar-refractivity contribution in [2.75, 3.05) is 0 Å². The molecule has 0 aliphatic carbocycles. The van der Waals surface area contributed by atoms with Crippen molar-refractivity contribution in [1.29, 1.82) is 0 Å². The Morgan fingerprint density at radius 3 is 2.63 bits per heavy atom. The van der Waals surface area contributed by atoms with Crippen molar-refractivity contribution in [3.05, 3.63) is 66.7 Å². The minimum Gasteiger partial charge on any atom is -0.335 e. The van der Waals surface area contributed by atoms with E-state index in [4.69, 9.17) is 4.98 Å². The van der Waals surface area contributed by atoms with Crippen LogP contribution in [0, 0.1) is 6.92 Å². The van der Waals surface area contributed by atoms with Crippen molar-refractivity contribution in [2.45, 2.75) is 6.92 Å². The number of rotatable bonds is 3. The fraction of sp³-hybridized carbons (Fsp3) is 0.100. The number of H-pyrrole nitrogens is 1. The Balaban J connectivity index is 1.64. The van der Waals surface area contributed by atoms with Crippen LogP contribution < -0.4 is 0 Å². The minimum atomic E-state index is 0.780. The summed E-state index contributed by atoms with van der Waals surface area (Å²) in [7, 11) is 1.90. The van der Waals surface area contributed by atoms with Gasteiger partial charge in [-0.1, -0.05) is 18.2 Å². The summed E-state index contributed by atoms with van der Waals surface area (Å²) >= 11 is 0. The Morgan fingerprint density at radius 2 is 1.85 bits per heavy atom. The molecule has 0 unspecified atom stereocenters. The molecule has 27 heavy (non-hydrogen) atoms. The number of aromatic nitrogens is 7. The van der Waals surface area contributed by atoms with Gasteiger partial charge in [0.1, 0.15) is 17.0 Å². The van der Waals surface area contributed by atoms with Gasteiger partial charge in [0.2, 0.25) is 0 Å². The number of imidazole rings is 1. The smallest absolute Gasteiger partial charge is 0.177 e. The lowest BCUT2D eigenvalue weighted by atomic mass is 10.2. The van der Waals surface area contributed by atoms with E-state index in [-0.39, 0.29) is 0 Å². The second-order valence-electron chi connectivity index (χ2n) is 6.39. The highest BCUT2D eigenvalue weighted by atomic mass is 15.3. The molecule has 0 amide bonds. The molecule has 7 heteroatoms. The minimum absolute atomic E-state index is 0.780. The van der Waals surface area contributed by atoms with Gasteiger partial charge in [-0.15, -0.1) is 0 Å². The van der Waals surface area contributed by atoms with Crippen molar-refractivity contribution in [1.82, 2.24) is 34.5 Å². The zero-order valence-electron chi connectivity index (χ0n) is 15.0. The number of nitrogens with one attached hydrogen (secondary N) is 1. The van der Waals surface area contributed by atoms with Crippen LogP contribution in [0.5, 0.6) is 0 Å². The highest BCUT2D eigenvalue weighted by molar-refractivity contribution is 5.90. The van der Waals surface area contributed by atoms with Crippen molar-refractivity contribution in [3.63, 3.8) is 0 Å². The number of para-hydroxylation sites is 1. The number of benzene rings is 1. The molecular weight excluding hydrogens is 338 g/mol. The number of fused-ring (bicyclic) bond motifs is 1. The molecule has 4 heterocycles. The Morgan fingerprint density at radius 1 is 1.00 bits per heavy atom. The number of hydrogen-bond acceptors (Lipinski definition) is 4. The number of aryl methyl sites for hydroxylation is 1. The number of aromatic amines is 1. The van der Waals surface area contributed by atoms with Crippen LogP contribution in [0.15, 0.2) is 61.1 Å². The van der Waals surface area contributed by atoms with Gasteiger partial charge >= 0.3 is 0 Å². The lowest BCUT2D eigenvalue weighted by molar-refractivity contribution is 0.790. The first-order chi connectivity index (χ1) is 13.2. The van der Waals surface area contributed by atoms with Crippen LogP contribution in [-0.4, -0.2) is 34.5 Å². The van der Waals surface area contributed by atoms with Crippen molar-refractivity contribution in [3.8, 4) is 28.3 Å². The summed E-state index contributed by atoms with van der Waals surface area (Å²) in [6, 6.07) is 14.0. The molecule has 0 spiro atoms. The fourth-order valence-electron chi connectivity index (χ4n) is 3.31. The van der Waals surface area contributed by atoms with Crippen molar-refractivity contribution in [2.24, 2.45) is 7.05 Å².